The van der Waals surface area contributed by atoms with Crippen molar-refractivity contribution in [2.24, 2.45) is 28.6 Å². The second-order valence-electron chi connectivity index (χ2n) is 13.9. The number of hydrogen-bond donors (Lipinski definition) is 4. The normalized spacial score (nSPS) is 30.3. The molecule has 7 nitrogen and oxygen atoms in total. The summed E-state index contributed by atoms with van der Waals surface area (Å²) in [5.41, 5.74) is -3.23. The first kappa shape index (κ1) is 30.0. The van der Waals surface area contributed by atoms with Crippen LogP contribution in [-0.2, 0) is 22.4 Å². The maximum absolute atomic E-state index is 14.3. The van der Waals surface area contributed by atoms with Gasteiger partial charge in [0.1, 0.15) is 22.8 Å². The summed E-state index contributed by atoms with van der Waals surface area (Å²) in [4.78, 5) is 40.7. The molecule has 0 radical (unpaired) electrons. The number of fused-ring (bicyclic) bond motifs is 3. The van der Waals surface area contributed by atoms with Crippen molar-refractivity contribution < 1.29 is 34.8 Å². The second-order valence-corrected chi connectivity index (χ2v) is 13.9. The molecule has 0 aliphatic heterocycles. The summed E-state index contributed by atoms with van der Waals surface area (Å²) in [7, 11) is 0. The van der Waals surface area contributed by atoms with E-state index in [0.29, 0.717) is 29.9 Å². The van der Waals surface area contributed by atoms with Crippen molar-refractivity contribution in [3.63, 3.8) is 0 Å². The van der Waals surface area contributed by atoms with E-state index in [1.165, 1.54) is 0 Å². The number of rotatable bonds is 6. The second kappa shape index (κ2) is 9.57. The van der Waals surface area contributed by atoms with E-state index in [1.807, 2.05) is 40.7 Å². The standard InChI is InChI=1S/C33H44O7/c1-15(2)10-11-19-12-20(16(3)4)21-13-31(8)14-32(9)24(17(5)6)27(36)22(18(7)34)29(38)33(32,40)30(39)25(31)28(37)23(21)26(19)35/h12,15-17,24,35-36,39-40H,10-11,13-14H2,1-9H3/t24?,31-,32-,33+/m1/s1. The number of aliphatic hydroxyl groups is 3. The molecule has 0 amide bonds. The first-order chi connectivity index (χ1) is 18.3. The Labute approximate surface area is 237 Å². The monoisotopic (exact) mass is 552 g/mol. The van der Waals surface area contributed by atoms with Gasteiger partial charge in [-0.25, -0.2) is 0 Å². The Hall–Kier alpha value is -2.93. The van der Waals surface area contributed by atoms with Crippen molar-refractivity contribution in [3.8, 4) is 5.75 Å². The van der Waals surface area contributed by atoms with Crippen molar-refractivity contribution in [2.45, 2.75) is 99.5 Å². The molecule has 0 heterocycles. The lowest BCUT2D eigenvalue weighted by Crippen LogP contribution is -2.67. The van der Waals surface area contributed by atoms with Gasteiger partial charge in [0.15, 0.2) is 17.2 Å². The van der Waals surface area contributed by atoms with Crippen LogP contribution in [0.1, 0.15) is 108 Å². The summed E-state index contributed by atoms with van der Waals surface area (Å²) in [6.45, 7) is 16.5. The average Bonchev–Trinajstić information content (AvgIpc) is 2.80. The molecule has 218 valence electrons. The van der Waals surface area contributed by atoms with Gasteiger partial charge in [0, 0.05) is 22.3 Å². The molecule has 40 heavy (non-hydrogen) atoms. The van der Waals surface area contributed by atoms with E-state index >= 15 is 0 Å². The summed E-state index contributed by atoms with van der Waals surface area (Å²) >= 11 is 0. The van der Waals surface area contributed by atoms with E-state index < -0.39 is 51.0 Å². The van der Waals surface area contributed by atoms with Gasteiger partial charge in [-0.1, -0.05) is 61.5 Å². The molecule has 3 aliphatic carbocycles. The molecular formula is C33H44O7. The third kappa shape index (κ3) is 3.91. The van der Waals surface area contributed by atoms with Crippen LogP contribution in [0.3, 0.4) is 0 Å². The fourth-order valence-electron chi connectivity index (χ4n) is 8.04. The number of allylic oxidation sites excluding steroid dienone is 2. The molecule has 1 unspecified atom stereocenters. The Balaban J connectivity index is 2.05. The van der Waals surface area contributed by atoms with Gasteiger partial charge in [0.05, 0.1) is 5.56 Å². The highest BCUT2D eigenvalue weighted by Gasteiger charge is 2.71. The summed E-state index contributed by atoms with van der Waals surface area (Å²) in [5, 5.41) is 46.7. The first-order valence-corrected chi connectivity index (χ1v) is 14.4. The summed E-state index contributed by atoms with van der Waals surface area (Å²) < 4.78 is 0. The third-order valence-corrected chi connectivity index (χ3v) is 9.73. The van der Waals surface area contributed by atoms with Gasteiger partial charge in [-0.15, -0.1) is 0 Å². The molecule has 0 saturated heterocycles. The maximum Gasteiger partial charge on any atom is 0.209 e. The maximum atomic E-state index is 14.3. The Morgan fingerprint density at radius 1 is 1.05 bits per heavy atom. The summed E-state index contributed by atoms with van der Waals surface area (Å²) in [6, 6.07) is 1.99. The van der Waals surface area contributed by atoms with E-state index in [1.54, 1.807) is 6.92 Å². The molecule has 0 aromatic heterocycles. The largest absolute Gasteiger partial charge is 0.511 e. The number of benzene rings is 1. The fourth-order valence-corrected chi connectivity index (χ4v) is 8.04. The molecule has 0 bridgehead atoms. The van der Waals surface area contributed by atoms with Crippen LogP contribution >= 0.6 is 0 Å². The Kier molecular flexibility index (Phi) is 7.19. The number of hydrogen-bond acceptors (Lipinski definition) is 7. The van der Waals surface area contributed by atoms with E-state index in [-0.39, 0.29) is 40.9 Å². The molecule has 4 rings (SSSR count). The minimum Gasteiger partial charge on any atom is -0.511 e. The van der Waals surface area contributed by atoms with Crippen molar-refractivity contribution in [2.75, 3.05) is 0 Å². The highest BCUT2D eigenvalue weighted by molar-refractivity contribution is 6.25. The van der Waals surface area contributed by atoms with Gasteiger partial charge in [-0.05, 0) is 67.1 Å². The van der Waals surface area contributed by atoms with Crippen molar-refractivity contribution in [3.05, 3.63) is 51.0 Å². The van der Waals surface area contributed by atoms with Crippen LogP contribution in [0.25, 0.3) is 0 Å². The number of phenolic OH excluding ortho intramolecular Hbond substituents is 1. The highest BCUT2D eigenvalue weighted by atomic mass is 16.3. The van der Waals surface area contributed by atoms with Crippen LogP contribution in [0.4, 0.5) is 0 Å². The van der Waals surface area contributed by atoms with Gasteiger partial charge in [0.25, 0.3) is 0 Å². The third-order valence-electron chi connectivity index (χ3n) is 9.73. The number of aliphatic hydroxyl groups excluding tert-OH is 2. The molecule has 4 N–H and O–H groups in total. The van der Waals surface area contributed by atoms with Crippen LogP contribution in [-0.4, -0.2) is 43.4 Å². The molecule has 3 aliphatic rings. The molecular weight excluding hydrogens is 508 g/mol. The predicted molar refractivity (Wildman–Crippen MR) is 152 cm³/mol. The lowest BCUT2D eigenvalue weighted by atomic mass is 9.44. The Bertz CT molecular complexity index is 1380. The smallest absolute Gasteiger partial charge is 0.209 e. The van der Waals surface area contributed by atoms with Crippen LogP contribution in [0.2, 0.25) is 0 Å². The molecule has 0 fully saturated rings. The van der Waals surface area contributed by atoms with E-state index in [2.05, 4.69) is 13.8 Å². The quantitative estimate of drug-likeness (QED) is 0.315. The molecule has 0 saturated carbocycles. The summed E-state index contributed by atoms with van der Waals surface area (Å²) in [6.07, 6.45) is 1.79. The van der Waals surface area contributed by atoms with E-state index in [9.17, 15) is 34.8 Å². The van der Waals surface area contributed by atoms with E-state index in [4.69, 9.17) is 0 Å². The van der Waals surface area contributed by atoms with Gasteiger partial charge in [-0.3, -0.25) is 14.4 Å². The first-order valence-electron chi connectivity index (χ1n) is 14.4. The molecule has 1 aromatic carbocycles. The Morgan fingerprint density at radius 2 is 1.65 bits per heavy atom. The number of carbonyl (C=O) groups excluding carboxylic acids is 3. The number of aromatic hydroxyl groups is 1. The minimum atomic E-state index is -2.59. The van der Waals surface area contributed by atoms with Crippen LogP contribution in [0.15, 0.2) is 28.7 Å². The topological polar surface area (TPSA) is 132 Å². The zero-order valence-corrected chi connectivity index (χ0v) is 25.2. The number of aryl methyl sites for hydroxylation is 1. The van der Waals surface area contributed by atoms with Gasteiger partial charge < -0.3 is 20.4 Å². The Morgan fingerprint density at radius 3 is 2.15 bits per heavy atom. The van der Waals surface area contributed by atoms with Crippen molar-refractivity contribution in [1.29, 1.82) is 0 Å². The molecule has 7 heteroatoms. The predicted octanol–water partition coefficient (Wildman–Crippen LogP) is 6.06. The van der Waals surface area contributed by atoms with Crippen LogP contribution < -0.4 is 0 Å². The van der Waals surface area contributed by atoms with Crippen molar-refractivity contribution >= 4 is 17.3 Å². The lowest BCUT2D eigenvalue weighted by molar-refractivity contribution is -0.171. The SMILES string of the molecule is CC(=O)C1=C(O)C(C(C)C)[C@@]2(C)C[C@@]3(C)Cc4c(C(C)C)cc(CCC(C)C)c(O)c4C(=O)C3=C(O)[C@@]2(O)C1=O. The average molecular weight is 553 g/mol. The molecule has 1 aromatic rings. The van der Waals surface area contributed by atoms with Crippen molar-refractivity contribution in [1.82, 2.24) is 0 Å². The van der Waals surface area contributed by atoms with Crippen LogP contribution in [0.5, 0.6) is 5.75 Å². The molecule has 0 spiro atoms. The van der Waals surface area contributed by atoms with Crippen LogP contribution in [0, 0.1) is 28.6 Å². The van der Waals surface area contributed by atoms with Gasteiger partial charge in [-0.2, -0.15) is 0 Å². The highest BCUT2D eigenvalue weighted by Crippen LogP contribution is 2.65. The minimum absolute atomic E-state index is 0.0589. The molecule has 4 atom stereocenters. The number of ketones is 3. The number of Topliss-reactive ketones (excluding diaryl/α,β-unsaturated/α-hetero) is 3. The zero-order chi connectivity index (χ0) is 30.3. The van der Waals surface area contributed by atoms with E-state index in [0.717, 1.165) is 18.9 Å². The zero-order valence-electron chi connectivity index (χ0n) is 25.2. The summed E-state index contributed by atoms with van der Waals surface area (Å²) in [5.74, 6) is -4.39. The van der Waals surface area contributed by atoms with Gasteiger partial charge >= 0.3 is 0 Å². The number of carbonyl (C=O) groups is 3. The number of phenols is 1. The van der Waals surface area contributed by atoms with Gasteiger partial charge in [0.2, 0.25) is 5.78 Å². The lowest BCUT2D eigenvalue weighted by Gasteiger charge is -2.59. The fraction of sp³-hybridized carbons (Fsp3) is 0.606.